The Morgan fingerprint density at radius 3 is 2.47 bits per heavy atom. The molecule has 0 fully saturated rings. The number of carbonyl (C=O) groups is 2. The predicted octanol–water partition coefficient (Wildman–Crippen LogP) is 3.42. The van der Waals surface area contributed by atoms with E-state index in [0.29, 0.717) is 5.69 Å². The van der Waals surface area contributed by atoms with Crippen LogP contribution in [0, 0.1) is 0 Å². The van der Waals surface area contributed by atoms with Crippen molar-refractivity contribution < 1.29 is 18.0 Å². The van der Waals surface area contributed by atoms with Crippen LogP contribution in [-0.4, -0.2) is 32.1 Å². The molecule has 1 aliphatic heterocycles. The number of hydrogen-bond donors (Lipinski definition) is 3. The minimum absolute atomic E-state index is 0.0711. The molecule has 11 heteroatoms. The number of nitrogens with zero attached hydrogens (tertiary/aromatic N) is 2. The monoisotopic (exact) mass is 497 g/mol. The van der Waals surface area contributed by atoms with Crippen molar-refractivity contribution in [1.29, 1.82) is 0 Å². The SMILES string of the molecule is CC1N=C(C(=O)Nc2cccc(S(=O)(=O)Nc3ccccc3Cl)c2)NN(c2ccccc2)C1=O. The highest BCUT2D eigenvalue weighted by Gasteiger charge is 2.30. The lowest BCUT2D eigenvalue weighted by Gasteiger charge is -2.30. The molecule has 3 N–H and O–H groups in total. The highest BCUT2D eigenvalue weighted by atomic mass is 35.5. The number of para-hydroxylation sites is 2. The molecule has 0 aliphatic carbocycles. The van der Waals surface area contributed by atoms with Gasteiger partial charge in [0.15, 0.2) is 0 Å². The third kappa shape index (κ3) is 5.03. The van der Waals surface area contributed by atoms with E-state index in [4.69, 9.17) is 11.6 Å². The smallest absolute Gasteiger partial charge is 0.292 e. The van der Waals surface area contributed by atoms with Crippen molar-refractivity contribution in [3.8, 4) is 0 Å². The fraction of sp³-hybridized carbons (Fsp3) is 0.0870. The Morgan fingerprint density at radius 2 is 1.74 bits per heavy atom. The number of hydrazine groups is 1. The molecule has 0 saturated carbocycles. The Bertz CT molecular complexity index is 1380. The second-order valence-electron chi connectivity index (χ2n) is 7.34. The molecule has 4 rings (SSSR count). The molecule has 0 aromatic heterocycles. The normalized spacial score (nSPS) is 15.8. The van der Waals surface area contributed by atoms with E-state index >= 15 is 0 Å². The summed E-state index contributed by atoms with van der Waals surface area (Å²) in [5, 5.41) is 4.12. The van der Waals surface area contributed by atoms with E-state index in [1.54, 1.807) is 61.5 Å². The predicted molar refractivity (Wildman–Crippen MR) is 131 cm³/mol. The number of aliphatic imine (C=N–C) groups is 1. The second-order valence-corrected chi connectivity index (χ2v) is 9.43. The van der Waals surface area contributed by atoms with Crippen LogP contribution in [0.3, 0.4) is 0 Å². The highest BCUT2D eigenvalue weighted by molar-refractivity contribution is 7.92. The van der Waals surface area contributed by atoms with Crippen molar-refractivity contribution in [3.63, 3.8) is 0 Å². The van der Waals surface area contributed by atoms with Crippen LogP contribution in [0.1, 0.15) is 6.92 Å². The minimum Gasteiger partial charge on any atom is -0.319 e. The van der Waals surface area contributed by atoms with Gasteiger partial charge in [0.1, 0.15) is 6.04 Å². The summed E-state index contributed by atoms with van der Waals surface area (Å²) in [7, 11) is -3.96. The molecule has 0 radical (unpaired) electrons. The summed E-state index contributed by atoms with van der Waals surface area (Å²) in [5.74, 6) is -1.03. The highest BCUT2D eigenvalue weighted by Crippen LogP contribution is 2.25. The number of amides is 2. The zero-order valence-corrected chi connectivity index (χ0v) is 19.5. The summed E-state index contributed by atoms with van der Waals surface area (Å²) < 4.78 is 28.0. The van der Waals surface area contributed by atoms with Gasteiger partial charge < -0.3 is 5.32 Å². The largest absolute Gasteiger partial charge is 0.319 e. The van der Waals surface area contributed by atoms with Crippen LogP contribution >= 0.6 is 11.6 Å². The summed E-state index contributed by atoms with van der Waals surface area (Å²) >= 11 is 6.05. The van der Waals surface area contributed by atoms with Gasteiger partial charge in [-0.05, 0) is 49.4 Å². The van der Waals surface area contributed by atoms with Gasteiger partial charge in [0.05, 0.1) is 21.3 Å². The summed E-state index contributed by atoms with van der Waals surface area (Å²) in [4.78, 5) is 29.4. The maximum Gasteiger partial charge on any atom is 0.292 e. The van der Waals surface area contributed by atoms with Crippen LogP contribution in [-0.2, 0) is 19.6 Å². The van der Waals surface area contributed by atoms with E-state index in [1.165, 1.54) is 23.2 Å². The van der Waals surface area contributed by atoms with Gasteiger partial charge in [-0.1, -0.05) is 48.0 Å². The van der Waals surface area contributed by atoms with Gasteiger partial charge in [0, 0.05) is 5.69 Å². The third-order valence-corrected chi connectivity index (χ3v) is 6.56. The molecule has 174 valence electrons. The molecule has 2 amide bonds. The number of sulfonamides is 1. The first-order chi connectivity index (χ1) is 16.2. The van der Waals surface area contributed by atoms with Gasteiger partial charge in [-0.2, -0.15) is 0 Å². The molecule has 3 aromatic rings. The maximum absolute atomic E-state index is 12.9. The van der Waals surface area contributed by atoms with Crippen molar-refractivity contribution in [1.82, 2.24) is 5.43 Å². The number of rotatable bonds is 6. The van der Waals surface area contributed by atoms with Crippen LogP contribution in [0.25, 0.3) is 0 Å². The number of benzene rings is 3. The van der Waals surface area contributed by atoms with Crippen LogP contribution in [0.4, 0.5) is 17.1 Å². The lowest BCUT2D eigenvalue weighted by molar-refractivity contribution is -0.120. The average molecular weight is 498 g/mol. The van der Waals surface area contributed by atoms with Crippen LogP contribution in [0.2, 0.25) is 5.02 Å². The minimum atomic E-state index is -3.96. The average Bonchev–Trinajstić information content (AvgIpc) is 2.83. The number of halogens is 1. The molecule has 34 heavy (non-hydrogen) atoms. The fourth-order valence-corrected chi connectivity index (χ4v) is 4.55. The van der Waals surface area contributed by atoms with E-state index in [1.807, 2.05) is 6.07 Å². The Kier molecular flexibility index (Phi) is 6.53. The van der Waals surface area contributed by atoms with Gasteiger partial charge in [0.2, 0.25) is 5.84 Å². The number of carbonyl (C=O) groups excluding carboxylic acids is 2. The zero-order chi connectivity index (χ0) is 24.3. The Hall–Kier alpha value is -3.89. The quantitative estimate of drug-likeness (QED) is 0.482. The molecule has 0 saturated heterocycles. The molecule has 1 unspecified atom stereocenters. The Labute approximate surface area is 201 Å². The molecule has 3 aromatic carbocycles. The lowest BCUT2D eigenvalue weighted by Crippen LogP contribution is -2.57. The van der Waals surface area contributed by atoms with Gasteiger partial charge in [-0.25, -0.2) is 18.4 Å². The van der Waals surface area contributed by atoms with E-state index in [2.05, 4.69) is 20.5 Å². The summed E-state index contributed by atoms with van der Waals surface area (Å²) in [6.07, 6.45) is 0. The van der Waals surface area contributed by atoms with Gasteiger partial charge in [0.25, 0.3) is 21.8 Å². The lowest BCUT2D eigenvalue weighted by atomic mass is 10.2. The molecule has 0 bridgehead atoms. The summed E-state index contributed by atoms with van der Waals surface area (Å²) in [6, 6.07) is 20.2. The molecule has 9 nitrogen and oxygen atoms in total. The summed E-state index contributed by atoms with van der Waals surface area (Å²) in [6.45, 7) is 1.58. The van der Waals surface area contributed by atoms with Crippen molar-refractivity contribution in [2.75, 3.05) is 15.0 Å². The third-order valence-electron chi connectivity index (χ3n) is 4.87. The first kappa shape index (κ1) is 23.3. The molecule has 0 spiro atoms. The Balaban J connectivity index is 1.53. The van der Waals surface area contributed by atoms with Crippen LogP contribution in [0.15, 0.2) is 88.8 Å². The number of amidine groups is 1. The molecule has 1 atom stereocenters. The fourth-order valence-electron chi connectivity index (χ4n) is 3.18. The van der Waals surface area contributed by atoms with E-state index < -0.39 is 22.0 Å². The van der Waals surface area contributed by atoms with Crippen molar-refractivity contribution in [3.05, 3.63) is 83.9 Å². The number of nitrogens with one attached hydrogen (secondary N) is 3. The number of hydrogen-bond acceptors (Lipinski definition) is 6. The van der Waals surface area contributed by atoms with Crippen molar-refractivity contribution in [2.45, 2.75) is 17.9 Å². The first-order valence-electron chi connectivity index (χ1n) is 10.2. The number of anilines is 3. The van der Waals surface area contributed by atoms with Crippen LogP contribution in [0.5, 0.6) is 0 Å². The van der Waals surface area contributed by atoms with Gasteiger partial charge >= 0.3 is 0 Å². The maximum atomic E-state index is 12.9. The van der Waals surface area contributed by atoms with E-state index in [0.717, 1.165) is 0 Å². The molecular weight excluding hydrogens is 478 g/mol. The van der Waals surface area contributed by atoms with Gasteiger partial charge in [-0.3, -0.25) is 19.7 Å². The van der Waals surface area contributed by atoms with E-state index in [-0.39, 0.29) is 33.0 Å². The first-order valence-corrected chi connectivity index (χ1v) is 12.0. The van der Waals surface area contributed by atoms with E-state index in [9.17, 15) is 18.0 Å². The molecule has 1 heterocycles. The Morgan fingerprint density at radius 1 is 1.03 bits per heavy atom. The standard InChI is InChI=1S/C23H20ClN5O4S/c1-15-23(31)29(17-9-3-2-4-10-17)27-21(25-15)22(30)26-16-8-7-11-18(14-16)34(32,33)28-20-13-6-5-12-19(20)24/h2-15,28H,1H3,(H,25,27)(H,26,30). The van der Waals surface area contributed by atoms with Crippen LogP contribution < -0.4 is 20.5 Å². The van der Waals surface area contributed by atoms with Crippen molar-refractivity contribution in [2.24, 2.45) is 4.99 Å². The second kappa shape index (κ2) is 9.54. The zero-order valence-electron chi connectivity index (χ0n) is 17.9. The summed E-state index contributed by atoms with van der Waals surface area (Å²) in [5.41, 5.74) is 3.75. The molecular formula is C23H20ClN5O4S. The van der Waals surface area contributed by atoms with Gasteiger partial charge in [-0.15, -0.1) is 0 Å². The van der Waals surface area contributed by atoms with Crippen molar-refractivity contribution >= 4 is 56.3 Å². The molecule has 1 aliphatic rings. The topological polar surface area (TPSA) is 120 Å².